The Morgan fingerprint density at radius 1 is 1.06 bits per heavy atom. The second-order valence-corrected chi connectivity index (χ2v) is 9.22. The fraction of sp³-hybridized carbons (Fsp3) is 0.815. The second kappa shape index (κ2) is 16.0. The van der Waals surface area contributed by atoms with Crippen LogP contribution in [0.3, 0.4) is 0 Å². The summed E-state index contributed by atoms with van der Waals surface area (Å²) in [6, 6.07) is 0. The topological polar surface area (TPSA) is 89.9 Å². The van der Waals surface area contributed by atoms with Crippen molar-refractivity contribution >= 4 is 17.7 Å². The van der Waals surface area contributed by atoms with Gasteiger partial charge in [-0.3, -0.25) is 14.4 Å². The van der Waals surface area contributed by atoms with E-state index in [0.717, 1.165) is 44.9 Å². The van der Waals surface area contributed by atoms with E-state index in [-0.39, 0.29) is 24.3 Å². The van der Waals surface area contributed by atoms with Gasteiger partial charge in [0.1, 0.15) is 5.41 Å². The van der Waals surface area contributed by atoms with E-state index in [2.05, 4.69) is 13.8 Å². The van der Waals surface area contributed by atoms with Crippen molar-refractivity contribution in [2.75, 3.05) is 13.2 Å². The number of ether oxygens (including phenoxy) is 2. The van der Waals surface area contributed by atoms with E-state index >= 15 is 0 Å². The van der Waals surface area contributed by atoms with Gasteiger partial charge in [-0.25, -0.2) is 0 Å². The normalized spacial score (nSPS) is 22.5. The van der Waals surface area contributed by atoms with E-state index in [1.54, 1.807) is 19.9 Å². The van der Waals surface area contributed by atoms with Gasteiger partial charge < -0.3 is 14.6 Å². The summed E-state index contributed by atoms with van der Waals surface area (Å²) in [6.45, 7) is 8.42. The van der Waals surface area contributed by atoms with E-state index in [4.69, 9.17) is 9.47 Å². The third-order valence-corrected chi connectivity index (χ3v) is 6.94. The van der Waals surface area contributed by atoms with Crippen molar-refractivity contribution in [2.24, 2.45) is 17.3 Å². The van der Waals surface area contributed by atoms with Crippen LogP contribution < -0.4 is 0 Å². The summed E-state index contributed by atoms with van der Waals surface area (Å²) in [5.41, 5.74) is -1.16. The van der Waals surface area contributed by atoms with Crippen molar-refractivity contribution < 1.29 is 29.0 Å². The average molecular weight is 467 g/mol. The number of aliphatic hydroxyl groups excluding tert-OH is 1. The Balaban J connectivity index is 2.89. The molecule has 0 saturated heterocycles. The molecule has 1 saturated carbocycles. The van der Waals surface area contributed by atoms with Crippen molar-refractivity contribution in [2.45, 2.75) is 111 Å². The van der Waals surface area contributed by atoms with E-state index in [1.807, 2.05) is 6.08 Å². The van der Waals surface area contributed by atoms with Gasteiger partial charge in [-0.2, -0.15) is 0 Å². The molecule has 0 aromatic rings. The molecule has 6 nitrogen and oxygen atoms in total. The molecule has 1 aliphatic carbocycles. The van der Waals surface area contributed by atoms with Gasteiger partial charge in [-0.15, -0.1) is 0 Å². The van der Waals surface area contributed by atoms with Crippen LogP contribution in [0.2, 0.25) is 0 Å². The van der Waals surface area contributed by atoms with Crippen LogP contribution in [-0.2, 0) is 23.9 Å². The van der Waals surface area contributed by atoms with Gasteiger partial charge in [-0.1, -0.05) is 51.7 Å². The Bertz CT molecular complexity index is 628. The summed E-state index contributed by atoms with van der Waals surface area (Å²) in [4.78, 5) is 37.8. The molecule has 0 aliphatic heterocycles. The highest BCUT2D eigenvalue weighted by Crippen LogP contribution is 2.47. The van der Waals surface area contributed by atoms with Gasteiger partial charge in [0.2, 0.25) is 0 Å². The number of rotatable bonds is 17. The zero-order valence-corrected chi connectivity index (χ0v) is 21.3. The molecule has 1 fully saturated rings. The Kier molecular flexibility index (Phi) is 14.2. The molecule has 1 rings (SSSR count). The summed E-state index contributed by atoms with van der Waals surface area (Å²) in [5, 5.41) is 10.3. The summed E-state index contributed by atoms with van der Waals surface area (Å²) in [7, 11) is 0. The lowest BCUT2D eigenvalue weighted by Gasteiger charge is -2.32. The van der Waals surface area contributed by atoms with Gasteiger partial charge in [0, 0.05) is 18.8 Å². The number of carbonyl (C=O) groups is 3. The second-order valence-electron chi connectivity index (χ2n) is 9.22. The van der Waals surface area contributed by atoms with Crippen molar-refractivity contribution in [3.8, 4) is 0 Å². The average Bonchev–Trinajstić information content (AvgIpc) is 3.11. The zero-order valence-electron chi connectivity index (χ0n) is 21.3. The predicted molar refractivity (Wildman–Crippen MR) is 130 cm³/mol. The summed E-state index contributed by atoms with van der Waals surface area (Å²) >= 11 is 0. The molecule has 0 radical (unpaired) electrons. The minimum absolute atomic E-state index is 0.0440. The first-order valence-corrected chi connectivity index (χ1v) is 13.1. The first-order chi connectivity index (χ1) is 15.8. The number of ketones is 1. The van der Waals surface area contributed by atoms with E-state index in [0.29, 0.717) is 44.6 Å². The van der Waals surface area contributed by atoms with Crippen molar-refractivity contribution in [3.05, 3.63) is 12.2 Å². The highest BCUT2D eigenvalue weighted by atomic mass is 16.5. The van der Waals surface area contributed by atoms with Gasteiger partial charge in [0.05, 0.1) is 19.3 Å². The number of allylic oxidation sites excluding steroid dienone is 1. The van der Waals surface area contributed by atoms with E-state index in [9.17, 15) is 19.5 Å². The van der Waals surface area contributed by atoms with Crippen LogP contribution in [0.5, 0.6) is 0 Å². The van der Waals surface area contributed by atoms with Gasteiger partial charge in [0.25, 0.3) is 0 Å². The van der Waals surface area contributed by atoms with Crippen LogP contribution in [0.4, 0.5) is 0 Å². The molecule has 4 atom stereocenters. The molecule has 0 spiro atoms. The minimum Gasteiger partial charge on any atom is -0.466 e. The number of unbranched alkanes of at least 4 members (excludes halogenated alkanes) is 2. The van der Waals surface area contributed by atoms with Crippen LogP contribution in [0, 0.1) is 17.3 Å². The van der Waals surface area contributed by atoms with Crippen molar-refractivity contribution in [3.63, 3.8) is 0 Å². The maximum atomic E-state index is 13.1. The number of hydrogen-bond acceptors (Lipinski definition) is 6. The molecular weight excluding hydrogens is 420 g/mol. The quantitative estimate of drug-likeness (QED) is 0.131. The summed E-state index contributed by atoms with van der Waals surface area (Å²) < 4.78 is 10.4. The molecule has 190 valence electrons. The molecule has 0 aromatic carbocycles. The Hall–Kier alpha value is -1.69. The summed E-state index contributed by atoms with van der Waals surface area (Å²) in [5.74, 6) is -0.573. The molecule has 1 N–H and O–H groups in total. The Morgan fingerprint density at radius 3 is 2.42 bits per heavy atom. The highest BCUT2D eigenvalue weighted by molar-refractivity contribution is 6.06. The molecular formula is C27H46O6. The first kappa shape index (κ1) is 29.3. The lowest BCUT2D eigenvalue weighted by Crippen LogP contribution is -2.42. The largest absolute Gasteiger partial charge is 0.466 e. The van der Waals surface area contributed by atoms with Crippen LogP contribution >= 0.6 is 0 Å². The van der Waals surface area contributed by atoms with Gasteiger partial charge in [0.15, 0.2) is 5.78 Å². The highest BCUT2D eigenvalue weighted by Gasteiger charge is 2.55. The third-order valence-electron chi connectivity index (χ3n) is 6.94. The van der Waals surface area contributed by atoms with Crippen LogP contribution in [-0.4, -0.2) is 42.1 Å². The molecule has 2 unspecified atom stereocenters. The molecule has 33 heavy (non-hydrogen) atoms. The predicted octanol–water partition coefficient (Wildman–Crippen LogP) is 5.55. The number of hydrogen-bond donors (Lipinski definition) is 1. The fourth-order valence-corrected chi connectivity index (χ4v) is 4.89. The monoisotopic (exact) mass is 466 g/mol. The zero-order chi connectivity index (χ0) is 24.7. The maximum Gasteiger partial charge on any atom is 0.320 e. The van der Waals surface area contributed by atoms with E-state index in [1.165, 1.54) is 0 Å². The van der Waals surface area contributed by atoms with Crippen molar-refractivity contribution in [1.82, 2.24) is 0 Å². The fourth-order valence-electron chi connectivity index (χ4n) is 4.89. The number of esters is 2. The lowest BCUT2D eigenvalue weighted by molar-refractivity contribution is -0.161. The Labute approximate surface area is 200 Å². The maximum absolute atomic E-state index is 13.1. The molecule has 0 heterocycles. The lowest BCUT2D eigenvalue weighted by atomic mass is 9.71. The standard InChI is InChI=1S/C27H46O6/c1-5-9-10-13-23(28)17-15-22-16-18-24(29)27(22,26(31)33-8-4)20-19-21(6-2)12-11-14-25(30)32-7-3/h15,17,21-23,28H,5-14,16,18-20H2,1-4H3/t21?,22-,23?,27+/m0/s1. The van der Waals surface area contributed by atoms with Crippen LogP contribution in [0.1, 0.15) is 105 Å². The Morgan fingerprint density at radius 2 is 1.79 bits per heavy atom. The number of aliphatic hydroxyl groups is 1. The van der Waals surface area contributed by atoms with Gasteiger partial charge in [-0.05, 0) is 58.3 Å². The van der Waals surface area contributed by atoms with E-state index < -0.39 is 17.5 Å². The first-order valence-electron chi connectivity index (χ1n) is 13.1. The molecule has 0 aromatic heterocycles. The molecule has 1 aliphatic rings. The van der Waals surface area contributed by atoms with Crippen LogP contribution in [0.15, 0.2) is 12.2 Å². The molecule has 0 bridgehead atoms. The molecule has 0 amide bonds. The van der Waals surface area contributed by atoms with Crippen molar-refractivity contribution in [1.29, 1.82) is 0 Å². The smallest absolute Gasteiger partial charge is 0.320 e. The number of Topliss-reactive ketones (excluding diaryl/α,β-unsaturated/α-hetero) is 1. The SMILES string of the molecule is CCCCCC(O)C=C[C@H]1CCC(=O)[C@]1(CCC(CC)CCCC(=O)OCC)C(=O)OCC. The minimum atomic E-state index is -1.16. The number of carbonyl (C=O) groups excluding carboxylic acids is 3. The van der Waals surface area contributed by atoms with Gasteiger partial charge >= 0.3 is 11.9 Å². The molecule has 6 heteroatoms. The van der Waals surface area contributed by atoms with Crippen LogP contribution in [0.25, 0.3) is 0 Å². The third kappa shape index (κ3) is 9.23. The summed E-state index contributed by atoms with van der Waals surface area (Å²) in [6.07, 6.45) is 12.0.